The minimum absolute atomic E-state index is 0.117. The Labute approximate surface area is 104 Å². The second kappa shape index (κ2) is 5.52. The molecular weight excluding hydrogens is 210 g/mol. The van der Waals surface area contributed by atoms with Gasteiger partial charge in [-0.15, -0.1) is 0 Å². The van der Waals surface area contributed by atoms with E-state index in [0.29, 0.717) is 17.9 Å². The third-order valence-corrected chi connectivity index (χ3v) is 4.05. The molecule has 1 saturated carbocycles. The van der Waals surface area contributed by atoms with Crippen molar-refractivity contribution in [3.8, 4) is 0 Å². The van der Waals surface area contributed by atoms with Gasteiger partial charge >= 0.3 is 0 Å². The Morgan fingerprint density at radius 3 is 2.53 bits per heavy atom. The predicted molar refractivity (Wildman–Crippen MR) is 70.6 cm³/mol. The van der Waals surface area contributed by atoms with Crippen LogP contribution in [0.2, 0.25) is 0 Å². The van der Waals surface area contributed by atoms with Crippen molar-refractivity contribution in [3.63, 3.8) is 0 Å². The van der Waals surface area contributed by atoms with Crippen molar-refractivity contribution in [2.24, 2.45) is 11.8 Å². The quantitative estimate of drug-likeness (QED) is 0.779. The summed E-state index contributed by atoms with van der Waals surface area (Å²) in [4.78, 5) is 12.1. The molecule has 1 fully saturated rings. The average Bonchev–Trinajstić information content (AvgIpc) is 2.34. The average molecular weight is 233 g/mol. The van der Waals surface area contributed by atoms with Crippen molar-refractivity contribution in [2.75, 3.05) is 0 Å². The molecule has 0 heterocycles. The minimum atomic E-state index is 0.117. The molecule has 0 aromatic carbocycles. The lowest BCUT2D eigenvalue weighted by Crippen LogP contribution is -2.37. The first-order valence-corrected chi connectivity index (χ1v) is 6.87. The highest BCUT2D eigenvalue weighted by Crippen LogP contribution is 2.23. The highest BCUT2D eigenvalue weighted by molar-refractivity contribution is 5.96. The van der Waals surface area contributed by atoms with Gasteiger partial charge in [0, 0.05) is 11.6 Å². The maximum atomic E-state index is 12.1. The predicted octanol–water partition coefficient (Wildman–Crippen LogP) is 3.20. The zero-order chi connectivity index (χ0) is 12.3. The Hall–Kier alpha value is -1.05. The smallest absolute Gasteiger partial charge is 0.251 e. The van der Waals surface area contributed by atoms with E-state index in [9.17, 15) is 4.79 Å². The highest BCUT2D eigenvalue weighted by Gasteiger charge is 2.20. The van der Waals surface area contributed by atoms with Crippen molar-refractivity contribution in [3.05, 3.63) is 23.8 Å². The molecule has 0 radical (unpaired) electrons. The van der Waals surface area contributed by atoms with Gasteiger partial charge in [0.1, 0.15) is 0 Å². The summed E-state index contributed by atoms with van der Waals surface area (Å²) in [5.41, 5.74) is 0.848. The monoisotopic (exact) mass is 233 g/mol. The fourth-order valence-corrected chi connectivity index (χ4v) is 2.59. The first-order valence-electron chi connectivity index (χ1n) is 6.87. The van der Waals surface area contributed by atoms with Crippen LogP contribution in [0.15, 0.2) is 23.8 Å². The lowest BCUT2D eigenvalue weighted by atomic mass is 9.88. The van der Waals surface area contributed by atoms with Crippen LogP contribution in [-0.2, 0) is 4.79 Å². The Kier molecular flexibility index (Phi) is 4.03. The molecule has 2 aliphatic rings. The van der Waals surface area contributed by atoms with E-state index in [4.69, 9.17) is 0 Å². The fourth-order valence-electron chi connectivity index (χ4n) is 2.59. The normalized spacial score (nSPS) is 29.9. The SMILES string of the molecule is CC1C=CC(C(=O)NC2CCCCC2)=CC1C. The van der Waals surface area contributed by atoms with Crippen molar-refractivity contribution in [1.82, 2.24) is 5.32 Å². The van der Waals surface area contributed by atoms with E-state index in [-0.39, 0.29) is 5.91 Å². The number of nitrogens with one attached hydrogen (secondary N) is 1. The molecule has 2 nitrogen and oxygen atoms in total. The third kappa shape index (κ3) is 3.21. The van der Waals surface area contributed by atoms with Gasteiger partial charge in [-0.25, -0.2) is 0 Å². The van der Waals surface area contributed by atoms with Gasteiger partial charge in [-0.05, 0) is 24.7 Å². The maximum absolute atomic E-state index is 12.1. The van der Waals surface area contributed by atoms with Crippen molar-refractivity contribution >= 4 is 5.91 Å². The van der Waals surface area contributed by atoms with E-state index < -0.39 is 0 Å². The van der Waals surface area contributed by atoms with Gasteiger partial charge in [0.05, 0.1) is 0 Å². The molecule has 0 bridgehead atoms. The molecule has 0 aromatic rings. The standard InChI is InChI=1S/C15H23NO/c1-11-8-9-13(10-12(11)2)15(17)16-14-6-4-3-5-7-14/h8-12,14H,3-7H2,1-2H3,(H,16,17). The molecule has 17 heavy (non-hydrogen) atoms. The number of allylic oxidation sites excluding steroid dienone is 2. The number of hydrogen-bond donors (Lipinski definition) is 1. The minimum Gasteiger partial charge on any atom is -0.349 e. The molecular formula is C15H23NO. The van der Waals surface area contributed by atoms with Gasteiger partial charge in [0.15, 0.2) is 0 Å². The van der Waals surface area contributed by atoms with Crippen molar-refractivity contribution in [1.29, 1.82) is 0 Å². The summed E-state index contributed by atoms with van der Waals surface area (Å²) in [5.74, 6) is 1.13. The largest absolute Gasteiger partial charge is 0.349 e. The van der Waals surface area contributed by atoms with E-state index in [1.165, 1.54) is 19.3 Å². The van der Waals surface area contributed by atoms with Gasteiger partial charge in [-0.1, -0.05) is 51.3 Å². The van der Waals surface area contributed by atoms with Crippen LogP contribution in [-0.4, -0.2) is 11.9 Å². The summed E-state index contributed by atoms with van der Waals surface area (Å²) in [6.45, 7) is 4.36. The molecule has 2 unspecified atom stereocenters. The summed E-state index contributed by atoms with van der Waals surface area (Å²) in [6, 6.07) is 0.403. The molecule has 0 aliphatic heterocycles. The van der Waals surface area contributed by atoms with Crippen LogP contribution in [0, 0.1) is 11.8 Å². The molecule has 94 valence electrons. The maximum Gasteiger partial charge on any atom is 0.251 e. The molecule has 1 N–H and O–H groups in total. The zero-order valence-electron chi connectivity index (χ0n) is 10.9. The fraction of sp³-hybridized carbons (Fsp3) is 0.667. The van der Waals surface area contributed by atoms with Crippen LogP contribution in [0.1, 0.15) is 46.0 Å². The Balaban J connectivity index is 1.91. The Morgan fingerprint density at radius 1 is 1.18 bits per heavy atom. The van der Waals surface area contributed by atoms with Crippen molar-refractivity contribution < 1.29 is 4.79 Å². The molecule has 2 heteroatoms. The van der Waals surface area contributed by atoms with E-state index in [1.54, 1.807) is 0 Å². The second-order valence-electron chi connectivity index (χ2n) is 5.51. The number of carbonyl (C=O) groups excluding carboxylic acids is 1. The van der Waals surface area contributed by atoms with Crippen LogP contribution in [0.5, 0.6) is 0 Å². The van der Waals surface area contributed by atoms with Gasteiger partial charge in [-0.2, -0.15) is 0 Å². The summed E-state index contributed by atoms with van der Waals surface area (Å²) >= 11 is 0. The van der Waals surface area contributed by atoms with E-state index in [2.05, 4.69) is 31.3 Å². The van der Waals surface area contributed by atoms with Gasteiger partial charge < -0.3 is 5.32 Å². The lowest BCUT2D eigenvalue weighted by molar-refractivity contribution is -0.118. The summed E-state index contributed by atoms with van der Waals surface area (Å²) < 4.78 is 0. The molecule has 2 atom stereocenters. The summed E-state index contributed by atoms with van der Waals surface area (Å²) in [6.07, 6.45) is 12.3. The van der Waals surface area contributed by atoms with E-state index in [0.717, 1.165) is 18.4 Å². The molecule has 0 aromatic heterocycles. The van der Waals surface area contributed by atoms with E-state index >= 15 is 0 Å². The molecule has 1 amide bonds. The highest BCUT2D eigenvalue weighted by atomic mass is 16.1. The number of carbonyl (C=O) groups is 1. The van der Waals surface area contributed by atoms with E-state index in [1.807, 2.05) is 6.08 Å². The van der Waals surface area contributed by atoms with Gasteiger partial charge in [-0.3, -0.25) is 4.79 Å². The molecule has 2 rings (SSSR count). The topological polar surface area (TPSA) is 29.1 Å². The Bertz CT molecular complexity index is 337. The molecule has 0 spiro atoms. The number of amides is 1. The van der Waals surface area contributed by atoms with Crippen LogP contribution in [0.3, 0.4) is 0 Å². The molecule has 0 saturated heterocycles. The van der Waals surface area contributed by atoms with Crippen LogP contribution in [0.4, 0.5) is 0 Å². The van der Waals surface area contributed by atoms with Crippen molar-refractivity contribution in [2.45, 2.75) is 52.0 Å². The molecule has 2 aliphatic carbocycles. The Morgan fingerprint density at radius 2 is 1.88 bits per heavy atom. The zero-order valence-corrected chi connectivity index (χ0v) is 10.9. The number of hydrogen-bond acceptors (Lipinski definition) is 1. The van der Waals surface area contributed by atoms with Gasteiger partial charge in [0.2, 0.25) is 0 Å². The summed E-state index contributed by atoms with van der Waals surface area (Å²) in [7, 11) is 0. The van der Waals surface area contributed by atoms with Crippen LogP contribution >= 0.6 is 0 Å². The lowest BCUT2D eigenvalue weighted by Gasteiger charge is -2.24. The number of rotatable bonds is 2. The summed E-state index contributed by atoms with van der Waals surface area (Å²) in [5, 5.41) is 3.17. The van der Waals surface area contributed by atoms with Crippen LogP contribution in [0.25, 0.3) is 0 Å². The first kappa shape index (κ1) is 12.4. The van der Waals surface area contributed by atoms with Crippen LogP contribution < -0.4 is 5.32 Å². The van der Waals surface area contributed by atoms with Gasteiger partial charge in [0.25, 0.3) is 5.91 Å². The first-order chi connectivity index (χ1) is 8.16. The third-order valence-electron chi connectivity index (χ3n) is 4.05. The second-order valence-corrected chi connectivity index (χ2v) is 5.51.